The molecule has 3 heterocycles. The Hall–Kier alpha value is -3.06. The second-order valence-corrected chi connectivity index (χ2v) is 5.99. The molecule has 0 unspecified atom stereocenters. The summed E-state index contributed by atoms with van der Waals surface area (Å²) < 4.78 is 6.90. The molecule has 1 aromatic carbocycles. The molecule has 0 saturated heterocycles. The van der Waals surface area contributed by atoms with E-state index in [0.717, 1.165) is 26.8 Å². The van der Waals surface area contributed by atoms with Crippen molar-refractivity contribution in [3.8, 4) is 17.1 Å². The highest BCUT2D eigenvalue weighted by atomic mass is 32.1. The van der Waals surface area contributed by atoms with Crippen LogP contribution in [0.25, 0.3) is 28.5 Å². The van der Waals surface area contributed by atoms with Crippen molar-refractivity contribution in [2.75, 3.05) is 7.11 Å². The molecule has 0 saturated carbocycles. The van der Waals surface area contributed by atoms with Crippen molar-refractivity contribution < 1.29 is 4.74 Å². The zero-order chi connectivity index (χ0) is 16.4. The van der Waals surface area contributed by atoms with E-state index in [1.807, 2.05) is 48.6 Å². The van der Waals surface area contributed by atoms with Gasteiger partial charge >= 0.3 is 0 Å². The minimum absolute atomic E-state index is 0.693. The van der Waals surface area contributed by atoms with Crippen molar-refractivity contribution in [3.05, 3.63) is 59.4 Å². The predicted molar refractivity (Wildman–Crippen MR) is 93.8 cm³/mol. The van der Waals surface area contributed by atoms with E-state index in [-0.39, 0.29) is 0 Å². The van der Waals surface area contributed by atoms with Crippen LogP contribution in [0.4, 0.5) is 0 Å². The number of hydrogen-bond acceptors (Lipinski definition) is 6. The van der Waals surface area contributed by atoms with Crippen molar-refractivity contribution in [2.45, 2.75) is 0 Å². The van der Waals surface area contributed by atoms with Crippen LogP contribution in [0, 0.1) is 0 Å². The van der Waals surface area contributed by atoms with E-state index in [1.54, 1.807) is 24.0 Å². The predicted octanol–water partition coefficient (Wildman–Crippen LogP) is 3.43. The van der Waals surface area contributed by atoms with Gasteiger partial charge in [-0.15, -0.1) is 10.2 Å². The molecule has 0 aliphatic heterocycles. The van der Waals surface area contributed by atoms with Crippen LogP contribution >= 0.6 is 11.3 Å². The van der Waals surface area contributed by atoms with Crippen LogP contribution in [0.3, 0.4) is 0 Å². The van der Waals surface area contributed by atoms with E-state index in [1.165, 1.54) is 11.3 Å². The number of pyridine rings is 1. The Morgan fingerprint density at radius 1 is 1.08 bits per heavy atom. The van der Waals surface area contributed by atoms with Gasteiger partial charge in [0.05, 0.1) is 7.11 Å². The molecule has 0 N–H and O–H groups in total. The molecule has 4 aromatic rings. The molecule has 0 fully saturated rings. The van der Waals surface area contributed by atoms with Gasteiger partial charge in [-0.1, -0.05) is 29.5 Å². The molecular formula is C17H13N5OS. The maximum Gasteiger partial charge on any atom is 0.235 e. The first-order chi connectivity index (χ1) is 11.8. The topological polar surface area (TPSA) is 65.2 Å². The summed E-state index contributed by atoms with van der Waals surface area (Å²) in [7, 11) is 1.66. The minimum atomic E-state index is 0.693. The average Bonchev–Trinajstić information content (AvgIpc) is 3.21. The summed E-state index contributed by atoms with van der Waals surface area (Å²) in [6.45, 7) is 0. The fourth-order valence-corrected chi connectivity index (χ4v) is 3.00. The number of hydrogen-bond donors (Lipinski definition) is 0. The molecule has 3 aromatic heterocycles. The molecule has 6 nitrogen and oxygen atoms in total. The van der Waals surface area contributed by atoms with Gasteiger partial charge in [0, 0.05) is 18.0 Å². The number of methoxy groups -OCH3 is 1. The molecule has 0 atom stereocenters. The lowest BCUT2D eigenvalue weighted by atomic mass is 10.2. The second-order valence-electron chi connectivity index (χ2n) is 5.01. The monoisotopic (exact) mass is 335 g/mol. The third-order valence-electron chi connectivity index (χ3n) is 3.46. The third-order valence-corrected chi connectivity index (χ3v) is 4.32. The second kappa shape index (κ2) is 6.21. The first-order valence-corrected chi connectivity index (χ1v) is 8.10. The quantitative estimate of drug-likeness (QED) is 0.572. The van der Waals surface area contributed by atoms with E-state index in [0.29, 0.717) is 5.82 Å². The van der Waals surface area contributed by atoms with Crippen LogP contribution in [0.1, 0.15) is 10.6 Å². The van der Waals surface area contributed by atoms with Gasteiger partial charge in [0.15, 0.2) is 5.82 Å². The first-order valence-electron chi connectivity index (χ1n) is 7.28. The number of nitrogens with zero attached hydrogens (tertiary/aromatic N) is 5. The van der Waals surface area contributed by atoms with Gasteiger partial charge in [-0.05, 0) is 35.9 Å². The van der Waals surface area contributed by atoms with Gasteiger partial charge in [0.1, 0.15) is 10.8 Å². The number of rotatable bonds is 4. The fraction of sp³-hybridized carbons (Fsp3) is 0.0588. The summed E-state index contributed by atoms with van der Waals surface area (Å²) in [6.07, 6.45) is 7.46. The van der Waals surface area contributed by atoms with Crippen LogP contribution in [-0.4, -0.2) is 31.9 Å². The SMILES string of the molecule is COc1ccc(C=Cc2nn3c(-c4cccnc4)nnc3s2)cc1. The van der Waals surface area contributed by atoms with Crippen molar-refractivity contribution in [1.29, 1.82) is 0 Å². The summed E-state index contributed by atoms with van der Waals surface area (Å²) in [4.78, 5) is 4.87. The highest BCUT2D eigenvalue weighted by molar-refractivity contribution is 7.17. The maximum atomic E-state index is 5.16. The van der Waals surface area contributed by atoms with Gasteiger partial charge in [0.25, 0.3) is 0 Å². The Balaban J connectivity index is 1.63. The van der Waals surface area contributed by atoms with Gasteiger partial charge in [-0.2, -0.15) is 9.61 Å². The minimum Gasteiger partial charge on any atom is -0.497 e. The zero-order valence-corrected chi connectivity index (χ0v) is 13.6. The Bertz CT molecular complexity index is 989. The standard InChI is InChI=1S/C17H13N5OS/c1-23-14-7-4-12(5-8-14)6-9-15-21-22-16(19-20-17(22)24-15)13-3-2-10-18-11-13/h2-11H,1H3. The summed E-state index contributed by atoms with van der Waals surface area (Å²) in [5.41, 5.74) is 1.97. The lowest BCUT2D eigenvalue weighted by molar-refractivity contribution is 0.415. The summed E-state index contributed by atoms with van der Waals surface area (Å²) in [6, 6.07) is 11.7. The lowest BCUT2D eigenvalue weighted by Gasteiger charge is -1.98. The number of aromatic nitrogens is 5. The van der Waals surface area contributed by atoms with Crippen molar-refractivity contribution >= 4 is 28.4 Å². The molecule has 0 bridgehead atoms. The van der Waals surface area contributed by atoms with Crippen LogP contribution in [0.15, 0.2) is 48.8 Å². The molecule has 0 aliphatic carbocycles. The smallest absolute Gasteiger partial charge is 0.235 e. The molecular weight excluding hydrogens is 322 g/mol. The average molecular weight is 335 g/mol. The molecule has 4 rings (SSSR count). The Morgan fingerprint density at radius 3 is 2.71 bits per heavy atom. The van der Waals surface area contributed by atoms with Crippen LogP contribution < -0.4 is 4.74 Å². The van der Waals surface area contributed by atoms with Crippen LogP contribution in [0.5, 0.6) is 5.75 Å². The number of benzene rings is 1. The van der Waals surface area contributed by atoms with Crippen molar-refractivity contribution in [2.24, 2.45) is 0 Å². The lowest BCUT2D eigenvalue weighted by Crippen LogP contribution is -1.91. The summed E-state index contributed by atoms with van der Waals surface area (Å²) in [5.74, 6) is 1.53. The molecule has 24 heavy (non-hydrogen) atoms. The number of ether oxygens (including phenoxy) is 1. The van der Waals surface area contributed by atoms with E-state index in [4.69, 9.17) is 4.74 Å². The molecule has 0 radical (unpaired) electrons. The Kier molecular flexibility index (Phi) is 3.76. The normalized spacial score (nSPS) is 11.4. The first kappa shape index (κ1) is 14.5. The van der Waals surface area contributed by atoms with Gasteiger partial charge in [-0.3, -0.25) is 4.98 Å². The fourth-order valence-electron chi connectivity index (χ4n) is 2.26. The molecule has 7 heteroatoms. The highest BCUT2D eigenvalue weighted by Crippen LogP contribution is 2.22. The largest absolute Gasteiger partial charge is 0.497 e. The van der Waals surface area contributed by atoms with E-state index >= 15 is 0 Å². The Labute approximate surface area is 142 Å². The van der Waals surface area contributed by atoms with E-state index < -0.39 is 0 Å². The van der Waals surface area contributed by atoms with Gasteiger partial charge in [0.2, 0.25) is 4.96 Å². The van der Waals surface area contributed by atoms with Crippen LogP contribution in [0.2, 0.25) is 0 Å². The van der Waals surface area contributed by atoms with E-state index in [2.05, 4.69) is 20.3 Å². The van der Waals surface area contributed by atoms with E-state index in [9.17, 15) is 0 Å². The molecule has 0 spiro atoms. The van der Waals surface area contributed by atoms with Gasteiger partial charge < -0.3 is 4.74 Å². The maximum absolute atomic E-state index is 5.16. The summed E-state index contributed by atoms with van der Waals surface area (Å²) in [5, 5.41) is 13.8. The van der Waals surface area contributed by atoms with Gasteiger partial charge in [-0.25, -0.2) is 0 Å². The van der Waals surface area contributed by atoms with Crippen molar-refractivity contribution in [1.82, 2.24) is 24.8 Å². The molecule has 0 amide bonds. The third kappa shape index (κ3) is 2.77. The molecule has 118 valence electrons. The zero-order valence-electron chi connectivity index (χ0n) is 12.8. The summed E-state index contributed by atoms with van der Waals surface area (Å²) >= 11 is 1.49. The number of fused-ring (bicyclic) bond motifs is 1. The van der Waals surface area contributed by atoms with Crippen LogP contribution in [-0.2, 0) is 0 Å². The highest BCUT2D eigenvalue weighted by Gasteiger charge is 2.12. The Morgan fingerprint density at radius 2 is 1.96 bits per heavy atom. The van der Waals surface area contributed by atoms with Crippen molar-refractivity contribution in [3.63, 3.8) is 0 Å². The molecule has 0 aliphatic rings.